The number of aromatic nitrogens is 2. The maximum absolute atomic E-state index is 12.3. The summed E-state index contributed by atoms with van der Waals surface area (Å²) in [5, 5.41) is 12.0. The summed E-state index contributed by atoms with van der Waals surface area (Å²) in [6.07, 6.45) is 1.27. The van der Waals surface area contributed by atoms with Gasteiger partial charge in [-0.05, 0) is 18.4 Å². The predicted octanol–water partition coefficient (Wildman–Crippen LogP) is 1.13. The van der Waals surface area contributed by atoms with Gasteiger partial charge in [-0.25, -0.2) is 9.78 Å². The number of hydrogen-bond donors (Lipinski definition) is 3. The molecule has 2 aromatic heterocycles. The minimum absolute atomic E-state index is 0.248. The van der Waals surface area contributed by atoms with Crippen molar-refractivity contribution < 1.29 is 14.7 Å². The van der Waals surface area contributed by atoms with Crippen molar-refractivity contribution in [2.24, 2.45) is 5.92 Å². The molecule has 1 atom stereocenters. The van der Waals surface area contributed by atoms with Crippen LogP contribution in [0.25, 0.3) is 10.2 Å². The number of aryl methyl sites for hydroxylation is 1. The van der Waals surface area contributed by atoms with Crippen molar-refractivity contribution in [3.63, 3.8) is 0 Å². The van der Waals surface area contributed by atoms with Crippen LogP contribution in [0.15, 0.2) is 11.1 Å². The van der Waals surface area contributed by atoms with Crippen LogP contribution in [0.5, 0.6) is 0 Å². The van der Waals surface area contributed by atoms with Crippen molar-refractivity contribution in [2.75, 3.05) is 0 Å². The highest BCUT2D eigenvalue weighted by atomic mass is 32.1. The van der Waals surface area contributed by atoms with E-state index < -0.39 is 17.9 Å². The highest BCUT2D eigenvalue weighted by molar-refractivity contribution is 7.20. The normalized spacial score (nSPS) is 12.6. The third-order valence-corrected chi connectivity index (χ3v) is 4.36. The first kappa shape index (κ1) is 15.2. The molecule has 8 heteroatoms. The molecule has 1 amide bonds. The summed E-state index contributed by atoms with van der Waals surface area (Å²) < 4.78 is 0. The Balaban J connectivity index is 2.40. The number of carbonyl (C=O) groups is 2. The maximum Gasteiger partial charge on any atom is 0.326 e. The Bertz CT molecular complexity index is 762. The molecular weight excluding hydrogens is 294 g/mol. The number of nitrogens with zero attached hydrogens (tertiary/aromatic N) is 1. The molecule has 2 rings (SSSR count). The van der Waals surface area contributed by atoms with Gasteiger partial charge < -0.3 is 15.4 Å². The van der Waals surface area contributed by atoms with E-state index in [1.807, 2.05) is 0 Å². The van der Waals surface area contributed by atoms with Gasteiger partial charge in [0.15, 0.2) is 0 Å². The third kappa shape index (κ3) is 2.80. The van der Waals surface area contributed by atoms with Crippen molar-refractivity contribution in [3.05, 3.63) is 27.1 Å². The van der Waals surface area contributed by atoms with Crippen LogP contribution in [0.2, 0.25) is 0 Å². The molecule has 1 unspecified atom stereocenters. The first-order valence-corrected chi connectivity index (χ1v) is 7.15. The van der Waals surface area contributed by atoms with Gasteiger partial charge in [0.05, 0.1) is 16.6 Å². The molecule has 0 aliphatic rings. The third-order valence-electron chi connectivity index (χ3n) is 3.16. The minimum atomic E-state index is -1.09. The van der Waals surface area contributed by atoms with E-state index in [1.54, 1.807) is 20.8 Å². The molecule has 0 aliphatic heterocycles. The number of hydrogen-bond acceptors (Lipinski definition) is 5. The van der Waals surface area contributed by atoms with Gasteiger partial charge in [0, 0.05) is 0 Å². The number of carbonyl (C=O) groups excluding carboxylic acids is 1. The second-order valence-electron chi connectivity index (χ2n) is 5.00. The second-order valence-corrected chi connectivity index (χ2v) is 6.00. The van der Waals surface area contributed by atoms with E-state index >= 15 is 0 Å². The van der Waals surface area contributed by atoms with E-state index in [2.05, 4.69) is 15.3 Å². The lowest BCUT2D eigenvalue weighted by atomic mass is 10.0. The van der Waals surface area contributed by atoms with Gasteiger partial charge in [-0.3, -0.25) is 9.59 Å². The van der Waals surface area contributed by atoms with E-state index in [-0.39, 0.29) is 11.5 Å². The smallest absolute Gasteiger partial charge is 0.326 e. The van der Waals surface area contributed by atoms with Crippen LogP contribution >= 0.6 is 11.3 Å². The number of H-pyrrole nitrogens is 1. The lowest BCUT2D eigenvalue weighted by molar-refractivity contribution is -0.140. The molecule has 0 aliphatic carbocycles. The van der Waals surface area contributed by atoms with Crippen LogP contribution < -0.4 is 10.9 Å². The second kappa shape index (κ2) is 5.65. The predicted molar refractivity (Wildman–Crippen MR) is 78.7 cm³/mol. The highest BCUT2D eigenvalue weighted by Crippen LogP contribution is 2.26. The number of aliphatic carboxylic acids is 1. The van der Waals surface area contributed by atoms with Crippen LogP contribution in [-0.2, 0) is 4.79 Å². The summed E-state index contributed by atoms with van der Waals surface area (Å²) in [5.41, 5.74) is 0.196. The molecule has 0 saturated carbocycles. The zero-order valence-electron chi connectivity index (χ0n) is 11.8. The summed E-state index contributed by atoms with van der Waals surface area (Å²) in [6.45, 7) is 5.07. The average Bonchev–Trinajstić information content (AvgIpc) is 2.73. The Hall–Kier alpha value is -2.22. The number of aromatic amines is 1. The van der Waals surface area contributed by atoms with Crippen LogP contribution in [0, 0.1) is 12.8 Å². The van der Waals surface area contributed by atoms with E-state index in [0.29, 0.717) is 20.7 Å². The Morgan fingerprint density at radius 2 is 2.10 bits per heavy atom. The fraction of sp³-hybridized carbons (Fsp3) is 0.385. The topological polar surface area (TPSA) is 112 Å². The largest absolute Gasteiger partial charge is 0.480 e. The Morgan fingerprint density at radius 1 is 1.43 bits per heavy atom. The number of thiophene rings is 1. The van der Waals surface area contributed by atoms with Gasteiger partial charge in [-0.15, -0.1) is 11.3 Å². The first-order valence-electron chi connectivity index (χ1n) is 6.33. The van der Waals surface area contributed by atoms with Gasteiger partial charge in [0.25, 0.3) is 11.5 Å². The summed E-state index contributed by atoms with van der Waals surface area (Å²) in [6, 6.07) is -0.978. The molecule has 2 aromatic rings. The van der Waals surface area contributed by atoms with Crippen LogP contribution in [0.4, 0.5) is 0 Å². The van der Waals surface area contributed by atoms with Gasteiger partial charge in [-0.2, -0.15) is 0 Å². The maximum atomic E-state index is 12.3. The minimum Gasteiger partial charge on any atom is -0.480 e. The number of amides is 1. The van der Waals surface area contributed by atoms with Crippen LogP contribution in [0.3, 0.4) is 0 Å². The number of fused-ring (bicyclic) bond motifs is 1. The van der Waals surface area contributed by atoms with E-state index in [4.69, 9.17) is 5.11 Å². The molecule has 7 nitrogen and oxygen atoms in total. The SMILES string of the molecule is Cc1c(C(=O)NC(C(=O)O)C(C)C)sc2nc[nH]c(=O)c12. The van der Waals surface area contributed by atoms with Gasteiger partial charge in [-0.1, -0.05) is 13.8 Å². The summed E-state index contributed by atoms with van der Waals surface area (Å²) >= 11 is 1.08. The lowest BCUT2D eigenvalue weighted by Gasteiger charge is -2.17. The van der Waals surface area contributed by atoms with Gasteiger partial charge in [0.2, 0.25) is 0 Å². The number of carboxylic acid groups (broad SMARTS) is 1. The molecule has 0 fully saturated rings. The molecule has 0 spiro atoms. The molecule has 3 N–H and O–H groups in total. The van der Waals surface area contributed by atoms with E-state index in [9.17, 15) is 14.4 Å². The molecule has 0 aromatic carbocycles. The quantitative estimate of drug-likeness (QED) is 0.784. The summed E-state index contributed by atoms with van der Waals surface area (Å²) in [5.74, 6) is -1.84. The average molecular weight is 309 g/mol. The molecule has 0 radical (unpaired) electrons. The number of nitrogens with one attached hydrogen (secondary N) is 2. The van der Waals surface area contributed by atoms with Gasteiger partial charge in [0.1, 0.15) is 10.9 Å². The number of rotatable bonds is 4. The fourth-order valence-corrected chi connectivity index (χ4v) is 3.07. The number of carboxylic acids is 1. The standard InChI is InChI=1S/C13H15N3O4S/c1-5(2)8(13(19)20)16-11(18)9-6(3)7-10(17)14-4-15-12(7)21-9/h4-5,8H,1-3H3,(H,16,18)(H,19,20)(H,14,15,17). The molecule has 0 bridgehead atoms. The van der Waals surface area contributed by atoms with Crippen molar-refractivity contribution in [3.8, 4) is 0 Å². The zero-order valence-corrected chi connectivity index (χ0v) is 12.6. The monoisotopic (exact) mass is 309 g/mol. The Labute approximate surface area is 124 Å². The Morgan fingerprint density at radius 3 is 2.62 bits per heavy atom. The fourth-order valence-electron chi connectivity index (χ4n) is 2.02. The molecule has 21 heavy (non-hydrogen) atoms. The lowest BCUT2D eigenvalue weighted by Crippen LogP contribution is -2.44. The van der Waals surface area contributed by atoms with Crippen molar-refractivity contribution in [1.29, 1.82) is 0 Å². The van der Waals surface area contributed by atoms with Gasteiger partial charge >= 0.3 is 5.97 Å². The van der Waals surface area contributed by atoms with Crippen LogP contribution in [-0.4, -0.2) is 33.0 Å². The molecule has 0 saturated heterocycles. The van der Waals surface area contributed by atoms with Crippen molar-refractivity contribution >= 4 is 33.4 Å². The highest BCUT2D eigenvalue weighted by Gasteiger charge is 2.26. The Kier molecular flexibility index (Phi) is 4.08. The zero-order chi connectivity index (χ0) is 15.7. The molecule has 2 heterocycles. The molecule has 112 valence electrons. The van der Waals surface area contributed by atoms with Crippen LogP contribution in [0.1, 0.15) is 29.1 Å². The van der Waals surface area contributed by atoms with E-state index in [1.165, 1.54) is 6.33 Å². The summed E-state index contributed by atoms with van der Waals surface area (Å²) in [7, 11) is 0. The first-order chi connectivity index (χ1) is 9.82. The summed E-state index contributed by atoms with van der Waals surface area (Å²) in [4.78, 5) is 42.4. The van der Waals surface area contributed by atoms with Crippen molar-refractivity contribution in [1.82, 2.24) is 15.3 Å². The molecular formula is C13H15N3O4S. The van der Waals surface area contributed by atoms with E-state index in [0.717, 1.165) is 11.3 Å². The van der Waals surface area contributed by atoms with Crippen molar-refractivity contribution in [2.45, 2.75) is 26.8 Å².